The number of hydrogen-bond donors (Lipinski definition) is 0. The first-order valence-electron chi connectivity index (χ1n) is 3.35. The van der Waals surface area contributed by atoms with Gasteiger partial charge in [0.05, 0.1) is 0 Å². The molecule has 0 N–H and O–H groups in total. The molecule has 0 aliphatic heterocycles. The third-order valence-corrected chi connectivity index (χ3v) is 0.566. The van der Waals surface area contributed by atoms with Gasteiger partial charge in [-0.1, -0.05) is 25.7 Å². The van der Waals surface area contributed by atoms with E-state index in [1.165, 1.54) is 0 Å². The van der Waals surface area contributed by atoms with Crippen LogP contribution in [-0.2, 0) is 0 Å². The van der Waals surface area contributed by atoms with E-state index in [1.54, 1.807) is 12.4 Å². The second kappa shape index (κ2) is 6.49. The molecule has 10 heavy (non-hydrogen) atoms. The maximum Gasteiger partial charge on any atom is 0.0379 e. The van der Waals surface area contributed by atoms with Crippen LogP contribution in [0, 0.1) is 0 Å². The molecule has 1 radical (unpaired) electrons. The lowest BCUT2D eigenvalue weighted by Crippen LogP contribution is -1.84. The Morgan fingerprint density at radius 1 is 0.900 bits per heavy atom. The molecule has 1 rings (SSSR count). The van der Waals surface area contributed by atoms with E-state index in [0.717, 1.165) is 0 Å². The minimum atomic E-state index is 0.120. The predicted octanol–water partition coefficient (Wildman–Crippen LogP) is 2.45. The van der Waals surface area contributed by atoms with E-state index >= 15 is 0 Å². The summed E-state index contributed by atoms with van der Waals surface area (Å²) in [5, 5.41) is 0. The van der Waals surface area contributed by atoms with Crippen molar-refractivity contribution in [3.63, 3.8) is 0 Å². The average Bonchev–Trinajstić information content (AvgIpc) is 1.90. The fourth-order valence-electron chi connectivity index (χ4n) is 0.313. The van der Waals surface area contributed by atoms with Crippen LogP contribution >= 0.6 is 0 Å². The van der Waals surface area contributed by atoms with Gasteiger partial charge in [-0.15, -0.1) is 0 Å². The van der Waals surface area contributed by atoms with Crippen molar-refractivity contribution < 1.29 is 0 Å². The Balaban J connectivity index is 0.000000180. The number of rotatable bonds is 0. The van der Waals surface area contributed by atoms with Crippen LogP contribution < -0.4 is 0 Å². The Bertz CT molecular complexity index is 110. The summed E-state index contributed by atoms with van der Waals surface area (Å²) in [6.45, 7) is 6.81. The summed E-state index contributed by atoms with van der Waals surface area (Å²) in [6.07, 6.45) is 3.50. The molecule has 2 heteroatoms. The van der Waals surface area contributed by atoms with Crippen molar-refractivity contribution in [2.24, 2.45) is 0 Å². The van der Waals surface area contributed by atoms with Crippen molar-refractivity contribution in [1.82, 2.24) is 4.98 Å². The van der Waals surface area contributed by atoms with E-state index < -0.39 is 0 Å². The van der Waals surface area contributed by atoms with Gasteiger partial charge in [-0.2, -0.15) is 0 Å². The van der Waals surface area contributed by atoms with Gasteiger partial charge in [-0.25, -0.2) is 0 Å². The molecule has 0 fully saturated rings. The molecule has 0 spiro atoms. The highest BCUT2D eigenvalue weighted by atomic mass is 28.3. The Kier molecular flexibility index (Phi) is 6.08. The number of nitrogens with zero attached hydrogens (tertiary/aromatic N) is 1. The summed E-state index contributed by atoms with van der Waals surface area (Å²) < 4.78 is 0. The van der Waals surface area contributed by atoms with Crippen LogP contribution in [0.2, 0.25) is 19.6 Å². The minimum Gasteiger partial charge on any atom is -0.265 e. The molecule has 0 amide bonds. The van der Waals surface area contributed by atoms with E-state index in [9.17, 15) is 0 Å². The van der Waals surface area contributed by atoms with Crippen molar-refractivity contribution in [3.05, 3.63) is 30.6 Å². The molecule has 0 aliphatic rings. The Hall–Kier alpha value is -0.633. The molecule has 0 saturated carbocycles. The summed E-state index contributed by atoms with van der Waals surface area (Å²) in [7, 11) is 0.120. The molecule has 0 saturated heterocycles. The first-order chi connectivity index (χ1) is 4.73. The first-order valence-corrected chi connectivity index (χ1v) is 6.35. The maximum absolute atomic E-state index is 3.78. The van der Waals surface area contributed by atoms with Crippen LogP contribution in [0.5, 0.6) is 0 Å². The number of hydrogen-bond acceptors (Lipinski definition) is 1. The average molecular weight is 152 g/mol. The predicted molar refractivity (Wildman–Crippen MR) is 47.6 cm³/mol. The topological polar surface area (TPSA) is 12.9 Å². The van der Waals surface area contributed by atoms with Gasteiger partial charge in [0, 0.05) is 21.2 Å². The lowest BCUT2D eigenvalue weighted by molar-refractivity contribution is 1.33. The molecule has 0 aromatic carbocycles. The molecule has 1 aromatic rings. The third-order valence-electron chi connectivity index (χ3n) is 0.566. The molecular formula is C8H14NSi. The van der Waals surface area contributed by atoms with Gasteiger partial charge >= 0.3 is 0 Å². The maximum atomic E-state index is 3.78. The van der Waals surface area contributed by atoms with Gasteiger partial charge in [0.2, 0.25) is 0 Å². The molecule has 1 heterocycles. The summed E-state index contributed by atoms with van der Waals surface area (Å²) in [6, 6.07) is 5.72. The van der Waals surface area contributed by atoms with Crippen LogP contribution in [0.15, 0.2) is 30.6 Å². The summed E-state index contributed by atoms with van der Waals surface area (Å²) in [4.78, 5) is 3.78. The zero-order valence-corrected chi connectivity index (χ0v) is 7.83. The zero-order valence-electron chi connectivity index (χ0n) is 6.83. The molecule has 1 aromatic heterocycles. The second-order valence-corrected chi connectivity index (χ2v) is 5.52. The normalized spacial score (nSPS) is 8.40. The summed E-state index contributed by atoms with van der Waals surface area (Å²) in [5.74, 6) is 0. The molecular weight excluding hydrogens is 138 g/mol. The SMILES string of the molecule is C[Si](C)C.c1ccncc1. The van der Waals surface area contributed by atoms with Gasteiger partial charge in [0.1, 0.15) is 0 Å². The van der Waals surface area contributed by atoms with E-state index in [1.807, 2.05) is 18.2 Å². The van der Waals surface area contributed by atoms with Gasteiger partial charge in [-0.3, -0.25) is 4.98 Å². The monoisotopic (exact) mass is 152 g/mol. The van der Waals surface area contributed by atoms with Crippen molar-refractivity contribution in [1.29, 1.82) is 0 Å². The molecule has 0 atom stereocenters. The molecule has 0 bridgehead atoms. The molecule has 1 nitrogen and oxygen atoms in total. The van der Waals surface area contributed by atoms with Crippen molar-refractivity contribution in [2.45, 2.75) is 19.6 Å². The molecule has 0 aliphatic carbocycles. The van der Waals surface area contributed by atoms with Crippen LogP contribution in [0.25, 0.3) is 0 Å². The van der Waals surface area contributed by atoms with Crippen LogP contribution in [0.1, 0.15) is 0 Å². The number of aromatic nitrogens is 1. The Morgan fingerprint density at radius 2 is 1.30 bits per heavy atom. The van der Waals surface area contributed by atoms with Gasteiger partial charge in [-0.05, 0) is 12.1 Å². The quantitative estimate of drug-likeness (QED) is 0.520. The lowest BCUT2D eigenvalue weighted by atomic mass is 10.5. The largest absolute Gasteiger partial charge is 0.265 e. The standard InChI is InChI=1S/C5H5N.C3H9Si/c1-2-4-6-5-3-1;1-4(2)3/h1-5H;1-3H3. The third kappa shape index (κ3) is 10.4. The first kappa shape index (κ1) is 9.37. The van der Waals surface area contributed by atoms with Crippen molar-refractivity contribution in [3.8, 4) is 0 Å². The zero-order chi connectivity index (χ0) is 7.82. The van der Waals surface area contributed by atoms with Gasteiger partial charge < -0.3 is 0 Å². The molecule has 55 valence electrons. The Labute approximate surface area is 64.7 Å². The van der Waals surface area contributed by atoms with E-state index in [4.69, 9.17) is 0 Å². The fraction of sp³-hybridized carbons (Fsp3) is 0.375. The fourth-order valence-corrected chi connectivity index (χ4v) is 0.313. The summed E-state index contributed by atoms with van der Waals surface area (Å²) >= 11 is 0. The van der Waals surface area contributed by atoms with E-state index in [2.05, 4.69) is 24.6 Å². The van der Waals surface area contributed by atoms with Crippen molar-refractivity contribution >= 4 is 8.80 Å². The second-order valence-electron chi connectivity index (χ2n) is 2.52. The van der Waals surface area contributed by atoms with Crippen LogP contribution in [0.3, 0.4) is 0 Å². The minimum absolute atomic E-state index is 0.120. The highest BCUT2D eigenvalue weighted by molar-refractivity contribution is 6.54. The summed E-state index contributed by atoms with van der Waals surface area (Å²) in [5.41, 5.74) is 0. The van der Waals surface area contributed by atoms with Crippen LogP contribution in [-0.4, -0.2) is 13.8 Å². The van der Waals surface area contributed by atoms with Crippen molar-refractivity contribution in [2.75, 3.05) is 0 Å². The lowest BCUT2D eigenvalue weighted by Gasteiger charge is -1.75. The van der Waals surface area contributed by atoms with Gasteiger partial charge in [0.15, 0.2) is 0 Å². The van der Waals surface area contributed by atoms with E-state index in [0.29, 0.717) is 0 Å². The van der Waals surface area contributed by atoms with Crippen LogP contribution in [0.4, 0.5) is 0 Å². The number of pyridine rings is 1. The Morgan fingerprint density at radius 3 is 1.40 bits per heavy atom. The molecule has 0 unspecified atom stereocenters. The van der Waals surface area contributed by atoms with Gasteiger partial charge in [0.25, 0.3) is 0 Å². The highest BCUT2D eigenvalue weighted by Gasteiger charge is 1.72. The highest BCUT2D eigenvalue weighted by Crippen LogP contribution is 1.73. The van der Waals surface area contributed by atoms with E-state index in [-0.39, 0.29) is 8.80 Å². The smallest absolute Gasteiger partial charge is 0.0379 e.